The Balaban J connectivity index is 3.39. The molecule has 0 radical (unpaired) electrons. The molecule has 0 saturated heterocycles. The second kappa shape index (κ2) is 8.52. The van der Waals surface area contributed by atoms with Crippen LogP contribution in [0.2, 0.25) is 0 Å². The molecule has 0 aliphatic rings. The van der Waals surface area contributed by atoms with Gasteiger partial charge in [-0.25, -0.2) is 0 Å². The zero-order valence-corrected chi connectivity index (χ0v) is 9.60. The molecule has 0 heterocycles. The molecule has 0 aliphatic heterocycles. The summed E-state index contributed by atoms with van der Waals surface area (Å²) in [4.78, 5) is 0. The second-order valence-electron chi connectivity index (χ2n) is 4.03. The fourth-order valence-corrected chi connectivity index (χ4v) is 1.22. The van der Waals surface area contributed by atoms with Crippen LogP contribution < -0.4 is 5.32 Å². The van der Waals surface area contributed by atoms with E-state index in [1.807, 2.05) is 7.05 Å². The zero-order valence-electron chi connectivity index (χ0n) is 9.60. The van der Waals surface area contributed by atoms with Gasteiger partial charge in [-0.1, -0.05) is 20.8 Å². The number of ether oxygens (including phenoxy) is 1. The maximum Gasteiger partial charge on any atom is 0.0619 e. The highest BCUT2D eigenvalue weighted by Gasteiger charge is 2.06. The average molecular weight is 187 g/mol. The Morgan fingerprint density at radius 3 is 2.38 bits per heavy atom. The first kappa shape index (κ1) is 12.9. The summed E-state index contributed by atoms with van der Waals surface area (Å²) >= 11 is 0. The molecule has 1 N–H and O–H groups in total. The minimum atomic E-state index is 0.536. The molecule has 2 nitrogen and oxygen atoms in total. The molecule has 0 aliphatic carbocycles. The Kier molecular flexibility index (Phi) is 8.46. The molecular weight excluding hydrogens is 162 g/mol. The van der Waals surface area contributed by atoms with Gasteiger partial charge in [0.1, 0.15) is 0 Å². The minimum absolute atomic E-state index is 0.536. The van der Waals surface area contributed by atoms with E-state index in [1.54, 1.807) is 0 Å². The van der Waals surface area contributed by atoms with Gasteiger partial charge in [0.15, 0.2) is 0 Å². The summed E-state index contributed by atoms with van der Waals surface area (Å²) < 4.78 is 5.51. The van der Waals surface area contributed by atoms with Crippen LogP contribution in [0.25, 0.3) is 0 Å². The van der Waals surface area contributed by atoms with E-state index in [-0.39, 0.29) is 0 Å². The SMILES string of the molecule is CCCOCC(CCC(C)C)NC. The third-order valence-electron chi connectivity index (χ3n) is 2.17. The molecule has 1 unspecified atom stereocenters. The van der Waals surface area contributed by atoms with Crippen molar-refractivity contribution >= 4 is 0 Å². The Hall–Kier alpha value is -0.0800. The van der Waals surface area contributed by atoms with E-state index in [0.717, 1.165) is 25.6 Å². The highest BCUT2D eigenvalue weighted by atomic mass is 16.5. The second-order valence-corrected chi connectivity index (χ2v) is 4.03. The minimum Gasteiger partial charge on any atom is -0.380 e. The van der Waals surface area contributed by atoms with Crippen LogP contribution in [0.5, 0.6) is 0 Å². The summed E-state index contributed by atoms with van der Waals surface area (Å²) in [5.74, 6) is 0.794. The van der Waals surface area contributed by atoms with E-state index in [9.17, 15) is 0 Å². The van der Waals surface area contributed by atoms with Crippen molar-refractivity contribution in [1.29, 1.82) is 0 Å². The number of likely N-dealkylation sites (N-methyl/N-ethyl adjacent to an activating group) is 1. The average Bonchev–Trinajstić information content (AvgIpc) is 2.10. The molecule has 0 amide bonds. The van der Waals surface area contributed by atoms with Gasteiger partial charge in [-0.3, -0.25) is 0 Å². The van der Waals surface area contributed by atoms with E-state index >= 15 is 0 Å². The van der Waals surface area contributed by atoms with Crippen LogP contribution >= 0.6 is 0 Å². The topological polar surface area (TPSA) is 21.3 Å². The first-order chi connectivity index (χ1) is 6.20. The molecule has 0 saturated carbocycles. The highest BCUT2D eigenvalue weighted by molar-refractivity contribution is 4.64. The van der Waals surface area contributed by atoms with Crippen molar-refractivity contribution in [3.63, 3.8) is 0 Å². The monoisotopic (exact) mass is 187 g/mol. The fraction of sp³-hybridized carbons (Fsp3) is 1.00. The lowest BCUT2D eigenvalue weighted by atomic mass is 10.0. The Morgan fingerprint density at radius 2 is 1.92 bits per heavy atom. The molecular formula is C11H25NO. The summed E-state index contributed by atoms with van der Waals surface area (Å²) in [7, 11) is 2.01. The smallest absolute Gasteiger partial charge is 0.0619 e. The predicted octanol–water partition coefficient (Wildman–Crippen LogP) is 2.44. The molecule has 0 spiro atoms. The number of nitrogens with one attached hydrogen (secondary N) is 1. The van der Waals surface area contributed by atoms with Crippen molar-refractivity contribution in [2.24, 2.45) is 5.92 Å². The number of rotatable bonds is 8. The van der Waals surface area contributed by atoms with Gasteiger partial charge in [-0.15, -0.1) is 0 Å². The largest absolute Gasteiger partial charge is 0.380 e. The molecule has 0 rings (SSSR count). The van der Waals surface area contributed by atoms with Gasteiger partial charge < -0.3 is 10.1 Å². The van der Waals surface area contributed by atoms with E-state index in [4.69, 9.17) is 4.74 Å². The predicted molar refractivity (Wildman–Crippen MR) is 58.0 cm³/mol. The van der Waals surface area contributed by atoms with Gasteiger partial charge in [-0.2, -0.15) is 0 Å². The third kappa shape index (κ3) is 8.26. The molecule has 0 aromatic carbocycles. The summed E-state index contributed by atoms with van der Waals surface area (Å²) in [6, 6.07) is 0.536. The maximum absolute atomic E-state index is 5.51. The van der Waals surface area contributed by atoms with Gasteiger partial charge in [0, 0.05) is 12.6 Å². The van der Waals surface area contributed by atoms with Crippen LogP contribution in [0.1, 0.15) is 40.0 Å². The van der Waals surface area contributed by atoms with Crippen molar-refractivity contribution < 1.29 is 4.74 Å². The van der Waals surface area contributed by atoms with Crippen LogP contribution in [0.15, 0.2) is 0 Å². The van der Waals surface area contributed by atoms with Gasteiger partial charge in [0.05, 0.1) is 6.61 Å². The third-order valence-corrected chi connectivity index (χ3v) is 2.17. The molecule has 2 heteroatoms. The fourth-order valence-electron chi connectivity index (χ4n) is 1.22. The molecule has 0 aromatic rings. The molecule has 0 fully saturated rings. The lowest BCUT2D eigenvalue weighted by molar-refractivity contribution is 0.110. The van der Waals surface area contributed by atoms with Crippen molar-refractivity contribution in [2.75, 3.05) is 20.3 Å². The Labute approximate surface area is 83.1 Å². The van der Waals surface area contributed by atoms with Crippen LogP contribution in [-0.2, 0) is 4.74 Å². The zero-order chi connectivity index (χ0) is 10.1. The van der Waals surface area contributed by atoms with Crippen LogP contribution in [0, 0.1) is 5.92 Å². The van der Waals surface area contributed by atoms with Gasteiger partial charge in [0.2, 0.25) is 0 Å². The van der Waals surface area contributed by atoms with Crippen molar-refractivity contribution in [3.8, 4) is 0 Å². The van der Waals surface area contributed by atoms with Crippen molar-refractivity contribution in [1.82, 2.24) is 5.32 Å². The normalized spacial score (nSPS) is 13.6. The molecule has 80 valence electrons. The van der Waals surface area contributed by atoms with Gasteiger partial charge >= 0.3 is 0 Å². The van der Waals surface area contributed by atoms with E-state index in [0.29, 0.717) is 6.04 Å². The highest BCUT2D eigenvalue weighted by Crippen LogP contribution is 2.06. The first-order valence-electron chi connectivity index (χ1n) is 5.45. The van der Waals surface area contributed by atoms with Crippen molar-refractivity contribution in [2.45, 2.75) is 46.1 Å². The molecule has 0 aromatic heterocycles. The van der Waals surface area contributed by atoms with Gasteiger partial charge in [-0.05, 0) is 32.2 Å². The Bertz CT molecular complexity index is 104. The van der Waals surface area contributed by atoms with E-state index < -0.39 is 0 Å². The summed E-state index contributed by atoms with van der Waals surface area (Å²) in [6.45, 7) is 8.42. The maximum atomic E-state index is 5.51. The molecule has 0 bridgehead atoms. The lowest BCUT2D eigenvalue weighted by Gasteiger charge is -2.17. The summed E-state index contributed by atoms with van der Waals surface area (Å²) in [5.41, 5.74) is 0. The molecule has 1 atom stereocenters. The van der Waals surface area contributed by atoms with Crippen molar-refractivity contribution in [3.05, 3.63) is 0 Å². The van der Waals surface area contributed by atoms with Crippen LogP contribution in [-0.4, -0.2) is 26.3 Å². The summed E-state index contributed by atoms with van der Waals surface area (Å²) in [6.07, 6.45) is 3.61. The quantitative estimate of drug-likeness (QED) is 0.589. The number of hydrogen-bond acceptors (Lipinski definition) is 2. The van der Waals surface area contributed by atoms with Gasteiger partial charge in [0.25, 0.3) is 0 Å². The molecule has 13 heavy (non-hydrogen) atoms. The standard InChI is InChI=1S/C11H25NO/c1-5-8-13-9-11(12-4)7-6-10(2)3/h10-12H,5-9H2,1-4H3. The lowest BCUT2D eigenvalue weighted by Crippen LogP contribution is -2.30. The van der Waals surface area contributed by atoms with E-state index in [1.165, 1.54) is 12.8 Å². The summed E-state index contributed by atoms with van der Waals surface area (Å²) in [5, 5.41) is 3.29. The van der Waals surface area contributed by atoms with Crippen LogP contribution in [0.4, 0.5) is 0 Å². The Morgan fingerprint density at radius 1 is 1.23 bits per heavy atom. The van der Waals surface area contributed by atoms with Crippen LogP contribution in [0.3, 0.4) is 0 Å². The first-order valence-corrected chi connectivity index (χ1v) is 5.45. The van der Waals surface area contributed by atoms with E-state index in [2.05, 4.69) is 26.1 Å². The number of hydrogen-bond donors (Lipinski definition) is 1.